The molecule has 2 aliphatic heterocycles. The molecule has 2 N–H and O–H groups in total. The SMILES string of the molecule is O=C(Nc1ccc(Nc2ccccc2)nc1)C1CC2CCCCN2C1. The first kappa shape index (κ1) is 16.1. The molecule has 2 unspecified atom stereocenters. The molecule has 5 nitrogen and oxygen atoms in total. The van der Waals surface area contributed by atoms with Crippen molar-refractivity contribution in [2.75, 3.05) is 23.7 Å². The first-order valence-electron chi connectivity index (χ1n) is 9.11. The standard InChI is InChI=1S/C20H24N4O/c25-20(15-12-18-8-4-5-11-24(18)14-15)23-17-9-10-19(21-13-17)22-16-6-2-1-3-7-16/h1-3,6-7,9-10,13,15,18H,4-5,8,11-12,14H2,(H,21,22)(H,23,25). The molecule has 2 aromatic rings. The Morgan fingerprint density at radius 1 is 1.08 bits per heavy atom. The molecule has 1 amide bonds. The molecular weight excluding hydrogens is 312 g/mol. The zero-order chi connectivity index (χ0) is 17.1. The van der Waals surface area contributed by atoms with Crippen molar-refractivity contribution in [2.24, 2.45) is 5.92 Å². The quantitative estimate of drug-likeness (QED) is 0.895. The van der Waals surface area contributed by atoms with Crippen molar-refractivity contribution < 1.29 is 4.79 Å². The van der Waals surface area contributed by atoms with Gasteiger partial charge >= 0.3 is 0 Å². The highest BCUT2D eigenvalue weighted by Gasteiger charge is 2.36. The van der Waals surface area contributed by atoms with E-state index in [0.29, 0.717) is 6.04 Å². The maximum absolute atomic E-state index is 12.6. The van der Waals surface area contributed by atoms with E-state index in [4.69, 9.17) is 0 Å². The number of aromatic nitrogens is 1. The average Bonchev–Trinajstić information content (AvgIpc) is 3.09. The number of piperidine rings is 1. The number of anilines is 3. The molecule has 25 heavy (non-hydrogen) atoms. The minimum absolute atomic E-state index is 0.102. The van der Waals surface area contributed by atoms with Gasteiger partial charge in [0.15, 0.2) is 0 Å². The van der Waals surface area contributed by atoms with Gasteiger partial charge in [0.25, 0.3) is 0 Å². The minimum atomic E-state index is 0.102. The molecule has 2 fully saturated rings. The van der Waals surface area contributed by atoms with Gasteiger partial charge in [0.1, 0.15) is 5.82 Å². The lowest BCUT2D eigenvalue weighted by Gasteiger charge is -2.28. The van der Waals surface area contributed by atoms with Crippen molar-refractivity contribution in [3.8, 4) is 0 Å². The van der Waals surface area contributed by atoms with Crippen LogP contribution in [0.4, 0.5) is 17.2 Å². The molecule has 3 heterocycles. The lowest BCUT2D eigenvalue weighted by Crippen LogP contribution is -2.34. The number of hydrogen-bond acceptors (Lipinski definition) is 4. The summed E-state index contributed by atoms with van der Waals surface area (Å²) >= 11 is 0. The summed E-state index contributed by atoms with van der Waals surface area (Å²) in [6.45, 7) is 2.05. The summed E-state index contributed by atoms with van der Waals surface area (Å²) in [7, 11) is 0. The summed E-state index contributed by atoms with van der Waals surface area (Å²) in [5, 5.41) is 6.27. The van der Waals surface area contributed by atoms with E-state index >= 15 is 0 Å². The Morgan fingerprint density at radius 3 is 2.72 bits per heavy atom. The van der Waals surface area contributed by atoms with Gasteiger partial charge in [0, 0.05) is 18.3 Å². The first-order valence-corrected chi connectivity index (χ1v) is 9.11. The molecule has 0 bridgehead atoms. The minimum Gasteiger partial charge on any atom is -0.340 e. The molecule has 0 radical (unpaired) electrons. The van der Waals surface area contributed by atoms with Gasteiger partial charge in [-0.05, 0) is 50.1 Å². The van der Waals surface area contributed by atoms with Crippen molar-refractivity contribution in [3.63, 3.8) is 0 Å². The predicted molar refractivity (Wildman–Crippen MR) is 99.9 cm³/mol. The van der Waals surface area contributed by atoms with Gasteiger partial charge < -0.3 is 10.6 Å². The average molecular weight is 336 g/mol. The van der Waals surface area contributed by atoms with E-state index in [9.17, 15) is 4.79 Å². The van der Waals surface area contributed by atoms with Crippen molar-refractivity contribution in [1.29, 1.82) is 0 Å². The molecular formula is C20H24N4O. The van der Waals surface area contributed by atoms with E-state index in [-0.39, 0.29) is 11.8 Å². The molecule has 130 valence electrons. The molecule has 2 saturated heterocycles. The largest absolute Gasteiger partial charge is 0.340 e. The van der Waals surface area contributed by atoms with Gasteiger partial charge in [0.2, 0.25) is 5.91 Å². The highest BCUT2D eigenvalue weighted by atomic mass is 16.1. The van der Waals surface area contributed by atoms with Crippen LogP contribution in [-0.2, 0) is 4.79 Å². The maximum atomic E-state index is 12.6. The zero-order valence-corrected chi connectivity index (χ0v) is 14.3. The lowest BCUT2D eigenvalue weighted by molar-refractivity contribution is -0.119. The summed E-state index contributed by atoms with van der Waals surface area (Å²) < 4.78 is 0. The highest BCUT2D eigenvalue weighted by Crippen LogP contribution is 2.31. The van der Waals surface area contributed by atoms with E-state index in [2.05, 4.69) is 20.5 Å². The van der Waals surface area contributed by atoms with Crippen LogP contribution in [-0.4, -0.2) is 34.9 Å². The summed E-state index contributed by atoms with van der Waals surface area (Å²) in [6.07, 6.45) is 6.52. The smallest absolute Gasteiger partial charge is 0.228 e. The number of nitrogens with one attached hydrogen (secondary N) is 2. The third-order valence-corrected chi connectivity index (χ3v) is 5.21. The summed E-state index contributed by atoms with van der Waals surface area (Å²) in [5.74, 6) is 0.993. The lowest BCUT2D eigenvalue weighted by atomic mass is 9.99. The number of rotatable bonds is 4. The Balaban J connectivity index is 1.34. The Hall–Kier alpha value is -2.40. The van der Waals surface area contributed by atoms with Crippen LogP contribution in [0.2, 0.25) is 0 Å². The van der Waals surface area contributed by atoms with Gasteiger partial charge in [-0.2, -0.15) is 0 Å². The second-order valence-electron chi connectivity index (χ2n) is 6.99. The van der Waals surface area contributed by atoms with Crippen molar-refractivity contribution >= 4 is 23.1 Å². The summed E-state index contributed by atoms with van der Waals surface area (Å²) in [6, 6.07) is 14.3. The Morgan fingerprint density at radius 2 is 1.96 bits per heavy atom. The van der Waals surface area contributed by atoms with Gasteiger partial charge in [-0.1, -0.05) is 24.6 Å². The van der Waals surface area contributed by atoms with Gasteiger partial charge in [0.05, 0.1) is 17.8 Å². The molecule has 0 spiro atoms. The molecule has 2 aliphatic rings. The van der Waals surface area contributed by atoms with Crippen LogP contribution in [0.3, 0.4) is 0 Å². The molecule has 1 aromatic heterocycles. The van der Waals surface area contributed by atoms with Gasteiger partial charge in [-0.15, -0.1) is 0 Å². The van der Waals surface area contributed by atoms with Crippen LogP contribution in [0.15, 0.2) is 48.7 Å². The summed E-state index contributed by atoms with van der Waals surface area (Å²) in [4.78, 5) is 19.4. The fraction of sp³-hybridized carbons (Fsp3) is 0.400. The predicted octanol–water partition coefficient (Wildman–Crippen LogP) is 3.64. The van der Waals surface area contributed by atoms with Crippen LogP contribution in [0.1, 0.15) is 25.7 Å². The number of carbonyl (C=O) groups excluding carboxylic acids is 1. The fourth-order valence-electron chi connectivity index (χ4n) is 3.90. The molecule has 0 saturated carbocycles. The summed E-state index contributed by atoms with van der Waals surface area (Å²) in [5.41, 5.74) is 1.75. The van der Waals surface area contributed by atoms with E-state index in [0.717, 1.165) is 36.7 Å². The Kier molecular flexibility index (Phi) is 4.65. The Labute approximate surface area is 148 Å². The van der Waals surface area contributed by atoms with Crippen LogP contribution in [0.25, 0.3) is 0 Å². The second-order valence-corrected chi connectivity index (χ2v) is 6.99. The number of benzene rings is 1. The number of para-hydroxylation sites is 1. The third kappa shape index (κ3) is 3.82. The van der Waals surface area contributed by atoms with Crippen LogP contribution in [0.5, 0.6) is 0 Å². The Bertz CT molecular complexity index is 702. The van der Waals surface area contributed by atoms with Crippen LogP contribution in [0, 0.1) is 5.92 Å². The molecule has 0 aliphatic carbocycles. The van der Waals surface area contributed by atoms with Gasteiger partial charge in [-0.3, -0.25) is 9.69 Å². The van der Waals surface area contributed by atoms with Crippen molar-refractivity contribution in [1.82, 2.24) is 9.88 Å². The van der Waals surface area contributed by atoms with E-state index < -0.39 is 0 Å². The number of amides is 1. The van der Waals surface area contributed by atoms with E-state index in [1.807, 2.05) is 42.5 Å². The molecule has 1 aromatic carbocycles. The number of nitrogens with zero attached hydrogens (tertiary/aromatic N) is 2. The first-order chi connectivity index (χ1) is 12.3. The van der Waals surface area contributed by atoms with E-state index in [1.54, 1.807) is 6.20 Å². The number of hydrogen-bond donors (Lipinski definition) is 2. The monoisotopic (exact) mass is 336 g/mol. The van der Waals surface area contributed by atoms with E-state index in [1.165, 1.54) is 19.3 Å². The highest BCUT2D eigenvalue weighted by molar-refractivity contribution is 5.92. The van der Waals surface area contributed by atoms with Crippen LogP contribution >= 0.6 is 0 Å². The topological polar surface area (TPSA) is 57.3 Å². The zero-order valence-electron chi connectivity index (χ0n) is 14.3. The van der Waals surface area contributed by atoms with Gasteiger partial charge in [-0.25, -0.2) is 4.98 Å². The second kappa shape index (κ2) is 7.23. The third-order valence-electron chi connectivity index (χ3n) is 5.21. The number of carbonyl (C=O) groups is 1. The van der Waals surface area contributed by atoms with Crippen LogP contribution < -0.4 is 10.6 Å². The molecule has 5 heteroatoms. The van der Waals surface area contributed by atoms with Crippen molar-refractivity contribution in [2.45, 2.75) is 31.7 Å². The molecule has 4 rings (SSSR count). The normalized spacial score (nSPS) is 23.0. The fourth-order valence-corrected chi connectivity index (χ4v) is 3.90. The maximum Gasteiger partial charge on any atom is 0.228 e. The number of fused-ring (bicyclic) bond motifs is 1. The van der Waals surface area contributed by atoms with Crippen molar-refractivity contribution in [3.05, 3.63) is 48.7 Å². The number of pyridine rings is 1. The molecule has 2 atom stereocenters.